The number of hydrogen-bond donors (Lipinski definition) is 1. The Bertz CT molecular complexity index is 549. The van der Waals surface area contributed by atoms with E-state index in [1.165, 1.54) is 11.1 Å². The summed E-state index contributed by atoms with van der Waals surface area (Å²) in [5.41, 5.74) is 2.60. The van der Waals surface area contributed by atoms with E-state index in [0.717, 1.165) is 25.8 Å². The lowest BCUT2D eigenvalue weighted by Crippen LogP contribution is -2.42. The molecule has 3 heteroatoms. The molecule has 0 fully saturated rings. The van der Waals surface area contributed by atoms with E-state index in [4.69, 9.17) is 0 Å². The fourth-order valence-corrected chi connectivity index (χ4v) is 2.22. The standard InChI is InChI=1S/C18H22N2O/c1-2-16-10-13-20(14-11-16)15-18(21)19-12-6-9-17-7-4-3-5-8-17/h3-5,7-8,10-11,13-14H,2,6,9,12,15H2,1H3/p+1. The summed E-state index contributed by atoms with van der Waals surface area (Å²) < 4.78 is 1.91. The summed E-state index contributed by atoms with van der Waals surface area (Å²) in [7, 11) is 0. The second-order valence-corrected chi connectivity index (χ2v) is 5.17. The van der Waals surface area contributed by atoms with Crippen LogP contribution < -0.4 is 9.88 Å². The molecule has 0 unspecified atom stereocenters. The lowest BCUT2D eigenvalue weighted by Gasteiger charge is -2.04. The van der Waals surface area contributed by atoms with E-state index in [1.807, 2.05) is 35.2 Å². The Labute approximate surface area is 126 Å². The highest BCUT2D eigenvalue weighted by atomic mass is 16.1. The number of carbonyl (C=O) groups excluding carboxylic acids is 1. The molecule has 3 nitrogen and oxygen atoms in total. The van der Waals surface area contributed by atoms with Crippen LogP contribution in [0, 0.1) is 0 Å². The van der Waals surface area contributed by atoms with Crippen molar-refractivity contribution in [2.45, 2.75) is 32.7 Å². The third-order valence-corrected chi connectivity index (χ3v) is 3.50. The van der Waals surface area contributed by atoms with Crippen molar-refractivity contribution in [2.24, 2.45) is 0 Å². The minimum Gasteiger partial charge on any atom is -0.351 e. The van der Waals surface area contributed by atoms with Gasteiger partial charge in [0.15, 0.2) is 12.4 Å². The van der Waals surface area contributed by atoms with Crippen LogP contribution in [0.2, 0.25) is 0 Å². The highest BCUT2D eigenvalue weighted by Gasteiger charge is 2.08. The van der Waals surface area contributed by atoms with Gasteiger partial charge in [0.25, 0.3) is 5.91 Å². The number of carbonyl (C=O) groups is 1. The molecule has 0 bridgehead atoms. The molecular formula is C18H23N2O+. The lowest BCUT2D eigenvalue weighted by atomic mass is 10.1. The lowest BCUT2D eigenvalue weighted by molar-refractivity contribution is -0.684. The van der Waals surface area contributed by atoms with Crippen molar-refractivity contribution in [1.29, 1.82) is 0 Å². The highest BCUT2D eigenvalue weighted by molar-refractivity contribution is 5.74. The number of aromatic nitrogens is 1. The molecule has 0 aliphatic rings. The number of benzene rings is 1. The van der Waals surface area contributed by atoms with Crippen molar-refractivity contribution in [1.82, 2.24) is 5.32 Å². The first-order chi connectivity index (χ1) is 10.3. The maximum absolute atomic E-state index is 11.8. The number of rotatable bonds is 7. The van der Waals surface area contributed by atoms with Gasteiger partial charge in [0, 0.05) is 18.7 Å². The third-order valence-electron chi connectivity index (χ3n) is 3.50. The molecule has 0 spiro atoms. The summed E-state index contributed by atoms with van der Waals surface area (Å²) in [5.74, 6) is 0.0670. The molecule has 1 amide bonds. The molecule has 2 rings (SSSR count). The zero-order valence-corrected chi connectivity index (χ0v) is 12.6. The van der Waals surface area contributed by atoms with Crippen LogP contribution in [0.1, 0.15) is 24.5 Å². The van der Waals surface area contributed by atoms with E-state index in [9.17, 15) is 4.79 Å². The Kier molecular flexibility index (Phi) is 5.95. The van der Waals surface area contributed by atoms with Crippen LogP contribution in [0.5, 0.6) is 0 Å². The van der Waals surface area contributed by atoms with Gasteiger partial charge in [0.1, 0.15) is 0 Å². The molecule has 0 saturated carbocycles. The predicted molar refractivity (Wildman–Crippen MR) is 83.8 cm³/mol. The molecule has 0 aliphatic carbocycles. The Hall–Kier alpha value is -2.16. The van der Waals surface area contributed by atoms with Crippen LogP contribution >= 0.6 is 0 Å². The molecule has 1 heterocycles. The zero-order chi connectivity index (χ0) is 14.9. The smallest absolute Gasteiger partial charge is 0.285 e. The molecule has 2 aromatic rings. The number of pyridine rings is 1. The molecule has 0 radical (unpaired) electrons. The van der Waals surface area contributed by atoms with Crippen molar-refractivity contribution in [3.05, 3.63) is 66.0 Å². The van der Waals surface area contributed by atoms with Gasteiger partial charge in [-0.1, -0.05) is 37.3 Å². The normalized spacial score (nSPS) is 10.3. The third kappa shape index (κ3) is 5.38. The second-order valence-electron chi connectivity index (χ2n) is 5.17. The summed E-state index contributed by atoms with van der Waals surface area (Å²) in [6, 6.07) is 14.5. The second kappa shape index (κ2) is 8.20. The Morgan fingerprint density at radius 1 is 1.05 bits per heavy atom. The molecule has 0 saturated heterocycles. The van der Waals surface area contributed by atoms with Crippen molar-refractivity contribution < 1.29 is 9.36 Å². The van der Waals surface area contributed by atoms with Crippen LogP contribution in [0.3, 0.4) is 0 Å². The minimum atomic E-state index is 0.0670. The van der Waals surface area contributed by atoms with Gasteiger partial charge in [0.05, 0.1) is 0 Å². The Morgan fingerprint density at radius 3 is 2.43 bits per heavy atom. The molecule has 0 atom stereocenters. The van der Waals surface area contributed by atoms with Crippen LogP contribution in [0.15, 0.2) is 54.9 Å². The van der Waals surface area contributed by atoms with Crippen molar-refractivity contribution >= 4 is 5.91 Å². The van der Waals surface area contributed by atoms with Gasteiger partial charge < -0.3 is 5.32 Å². The SMILES string of the molecule is CCc1cc[n+](CC(=O)NCCCc2ccccc2)cc1. The van der Waals surface area contributed by atoms with Gasteiger partial charge in [-0.25, -0.2) is 0 Å². The number of hydrogen-bond acceptors (Lipinski definition) is 1. The number of nitrogens with one attached hydrogen (secondary N) is 1. The van der Waals surface area contributed by atoms with Crippen LogP contribution in [-0.2, 0) is 24.2 Å². The quantitative estimate of drug-likeness (QED) is 0.614. The average Bonchev–Trinajstić information content (AvgIpc) is 2.53. The monoisotopic (exact) mass is 283 g/mol. The largest absolute Gasteiger partial charge is 0.351 e. The molecule has 1 aromatic heterocycles. The van der Waals surface area contributed by atoms with E-state index in [-0.39, 0.29) is 5.91 Å². The molecule has 1 aromatic carbocycles. The van der Waals surface area contributed by atoms with Gasteiger partial charge >= 0.3 is 0 Å². The van der Waals surface area contributed by atoms with Gasteiger partial charge in [-0.3, -0.25) is 4.79 Å². The van der Waals surface area contributed by atoms with Crippen LogP contribution in [0.4, 0.5) is 0 Å². The van der Waals surface area contributed by atoms with E-state index in [0.29, 0.717) is 6.54 Å². The van der Waals surface area contributed by atoms with Crippen molar-refractivity contribution in [2.75, 3.05) is 6.54 Å². The van der Waals surface area contributed by atoms with Crippen molar-refractivity contribution in [3.8, 4) is 0 Å². The van der Waals surface area contributed by atoms with Gasteiger partial charge in [-0.15, -0.1) is 0 Å². The van der Waals surface area contributed by atoms with E-state index >= 15 is 0 Å². The number of nitrogens with zero attached hydrogens (tertiary/aromatic N) is 1. The average molecular weight is 283 g/mol. The van der Waals surface area contributed by atoms with E-state index < -0.39 is 0 Å². The molecule has 110 valence electrons. The van der Waals surface area contributed by atoms with Crippen LogP contribution in [-0.4, -0.2) is 12.5 Å². The first-order valence-corrected chi connectivity index (χ1v) is 7.56. The number of amides is 1. The molecule has 1 N–H and O–H groups in total. The Balaban J connectivity index is 1.67. The topological polar surface area (TPSA) is 33.0 Å². The fraction of sp³-hybridized carbons (Fsp3) is 0.333. The maximum atomic E-state index is 11.8. The summed E-state index contributed by atoms with van der Waals surface area (Å²) in [4.78, 5) is 11.8. The van der Waals surface area contributed by atoms with Gasteiger partial charge in [-0.2, -0.15) is 4.57 Å². The zero-order valence-electron chi connectivity index (χ0n) is 12.6. The first-order valence-electron chi connectivity index (χ1n) is 7.56. The Morgan fingerprint density at radius 2 is 1.76 bits per heavy atom. The van der Waals surface area contributed by atoms with Crippen molar-refractivity contribution in [3.63, 3.8) is 0 Å². The van der Waals surface area contributed by atoms with E-state index in [1.54, 1.807) is 0 Å². The van der Waals surface area contributed by atoms with Gasteiger partial charge in [-0.05, 0) is 30.4 Å². The minimum absolute atomic E-state index is 0.0670. The molecule has 0 aliphatic heterocycles. The molecular weight excluding hydrogens is 260 g/mol. The predicted octanol–water partition coefficient (Wildman–Crippen LogP) is 2.29. The van der Waals surface area contributed by atoms with Crippen LogP contribution in [0.25, 0.3) is 0 Å². The first kappa shape index (κ1) is 15.2. The van der Waals surface area contributed by atoms with Gasteiger partial charge in [0.2, 0.25) is 6.54 Å². The summed E-state index contributed by atoms with van der Waals surface area (Å²) >= 11 is 0. The maximum Gasteiger partial charge on any atom is 0.285 e. The number of aryl methyl sites for hydroxylation is 2. The fourth-order valence-electron chi connectivity index (χ4n) is 2.22. The summed E-state index contributed by atoms with van der Waals surface area (Å²) in [6.45, 7) is 3.23. The summed E-state index contributed by atoms with van der Waals surface area (Å²) in [5, 5.41) is 2.97. The van der Waals surface area contributed by atoms with E-state index in [2.05, 4.69) is 36.5 Å². The molecule has 21 heavy (non-hydrogen) atoms. The highest BCUT2D eigenvalue weighted by Crippen LogP contribution is 2.01. The summed E-state index contributed by atoms with van der Waals surface area (Å²) in [6.07, 6.45) is 6.91.